The van der Waals surface area contributed by atoms with Crippen LogP contribution in [0.4, 0.5) is 0 Å². The molecule has 0 spiro atoms. The smallest absolute Gasteiger partial charge is 0.335 e. The van der Waals surface area contributed by atoms with Gasteiger partial charge in [0.05, 0.1) is 28.5 Å². The van der Waals surface area contributed by atoms with Crippen molar-refractivity contribution < 1.29 is 9.90 Å². The Balaban J connectivity index is 2.40. The van der Waals surface area contributed by atoms with E-state index in [0.717, 1.165) is 11.8 Å². The minimum atomic E-state index is -1.12. The summed E-state index contributed by atoms with van der Waals surface area (Å²) in [6, 6.07) is 2.48. The van der Waals surface area contributed by atoms with Crippen molar-refractivity contribution >= 4 is 17.6 Å². The number of hydrogen-bond donors (Lipinski definition) is 1. The molecule has 0 aliphatic carbocycles. The normalized spacial score (nSPS) is 10.8. The van der Waals surface area contributed by atoms with Crippen LogP contribution in [0.25, 0.3) is 0 Å². The van der Waals surface area contributed by atoms with Gasteiger partial charge in [-0.2, -0.15) is 5.10 Å². The van der Waals surface area contributed by atoms with Crippen molar-refractivity contribution in [1.82, 2.24) is 14.3 Å². The molecule has 106 valence electrons. The zero-order valence-corrected chi connectivity index (χ0v) is 11.9. The number of rotatable bonds is 4. The Morgan fingerprint density at radius 2 is 2.20 bits per heavy atom. The van der Waals surface area contributed by atoms with Gasteiger partial charge in [0.15, 0.2) is 0 Å². The van der Waals surface area contributed by atoms with Crippen LogP contribution >= 0.6 is 11.6 Å². The number of hydrogen-bond acceptors (Lipinski definition) is 3. The van der Waals surface area contributed by atoms with Crippen molar-refractivity contribution in [2.45, 2.75) is 26.9 Å². The second kappa shape index (κ2) is 5.50. The van der Waals surface area contributed by atoms with E-state index in [1.807, 2.05) is 6.92 Å². The topological polar surface area (TPSA) is 77.1 Å². The van der Waals surface area contributed by atoms with Crippen LogP contribution in [0, 0.1) is 6.92 Å². The fourth-order valence-corrected chi connectivity index (χ4v) is 2.15. The van der Waals surface area contributed by atoms with Crippen LogP contribution in [0.5, 0.6) is 0 Å². The highest BCUT2D eigenvalue weighted by molar-refractivity contribution is 6.31. The average Bonchev–Trinajstić information content (AvgIpc) is 2.68. The van der Waals surface area contributed by atoms with Crippen molar-refractivity contribution in [3.05, 3.63) is 50.7 Å². The molecule has 0 amide bonds. The molecule has 2 aromatic heterocycles. The summed E-state index contributed by atoms with van der Waals surface area (Å²) < 4.78 is 3.14. The Morgan fingerprint density at radius 1 is 1.50 bits per heavy atom. The molecule has 0 aliphatic rings. The maximum atomic E-state index is 11.9. The summed E-state index contributed by atoms with van der Waals surface area (Å²) in [7, 11) is 0. The number of aromatic nitrogens is 3. The SMILES string of the molecule is CCn1nc(C)c(Cl)c1Cn1ccc(C(=O)O)cc1=O. The van der Waals surface area contributed by atoms with Crippen LogP contribution < -0.4 is 5.56 Å². The molecule has 0 unspecified atom stereocenters. The molecule has 0 bridgehead atoms. The maximum absolute atomic E-state index is 11.9. The van der Waals surface area contributed by atoms with Gasteiger partial charge in [0, 0.05) is 18.8 Å². The third-order valence-electron chi connectivity index (χ3n) is 3.02. The number of pyridine rings is 1. The molecule has 0 aromatic carbocycles. The Labute approximate surface area is 120 Å². The maximum Gasteiger partial charge on any atom is 0.335 e. The molecule has 0 radical (unpaired) electrons. The van der Waals surface area contributed by atoms with Crippen molar-refractivity contribution in [1.29, 1.82) is 0 Å². The highest BCUT2D eigenvalue weighted by Gasteiger charge is 2.14. The van der Waals surface area contributed by atoms with Crippen molar-refractivity contribution in [3.63, 3.8) is 0 Å². The molecule has 0 fully saturated rings. The minimum Gasteiger partial charge on any atom is -0.478 e. The number of carboxylic acid groups (broad SMARTS) is 1. The minimum absolute atomic E-state index is 0.0301. The molecule has 7 heteroatoms. The Morgan fingerprint density at radius 3 is 2.75 bits per heavy atom. The van der Waals surface area contributed by atoms with Crippen LogP contribution in [0.15, 0.2) is 23.1 Å². The molecular weight excluding hydrogens is 282 g/mol. The summed E-state index contributed by atoms with van der Waals surface area (Å²) in [4.78, 5) is 22.7. The molecule has 0 atom stereocenters. The van der Waals surface area contributed by atoms with Gasteiger partial charge in [0.1, 0.15) is 0 Å². The van der Waals surface area contributed by atoms with Crippen LogP contribution in [0.1, 0.15) is 28.7 Å². The van der Waals surface area contributed by atoms with Gasteiger partial charge < -0.3 is 9.67 Å². The van der Waals surface area contributed by atoms with Gasteiger partial charge in [0.2, 0.25) is 0 Å². The van der Waals surface area contributed by atoms with E-state index in [-0.39, 0.29) is 17.7 Å². The van der Waals surface area contributed by atoms with Gasteiger partial charge in [-0.1, -0.05) is 11.6 Å². The monoisotopic (exact) mass is 295 g/mol. The lowest BCUT2D eigenvalue weighted by atomic mass is 10.2. The molecule has 2 aromatic rings. The first-order valence-corrected chi connectivity index (χ1v) is 6.47. The molecule has 20 heavy (non-hydrogen) atoms. The van der Waals surface area contributed by atoms with E-state index >= 15 is 0 Å². The zero-order valence-electron chi connectivity index (χ0n) is 11.1. The number of carboxylic acids is 1. The van der Waals surface area contributed by atoms with Crippen LogP contribution in [0.2, 0.25) is 5.02 Å². The predicted molar refractivity (Wildman–Crippen MR) is 74.4 cm³/mol. The van der Waals surface area contributed by atoms with Gasteiger partial charge in [-0.05, 0) is 19.9 Å². The first kappa shape index (κ1) is 14.3. The molecule has 0 saturated heterocycles. The first-order chi connectivity index (χ1) is 9.43. The molecule has 2 rings (SSSR count). The lowest BCUT2D eigenvalue weighted by molar-refractivity contribution is 0.0696. The Kier molecular flexibility index (Phi) is 3.94. The molecule has 0 saturated carbocycles. The highest BCUT2D eigenvalue weighted by atomic mass is 35.5. The van der Waals surface area contributed by atoms with Crippen molar-refractivity contribution in [2.24, 2.45) is 0 Å². The molecule has 1 N–H and O–H groups in total. The first-order valence-electron chi connectivity index (χ1n) is 6.09. The zero-order chi connectivity index (χ0) is 14.9. The second-order valence-electron chi connectivity index (χ2n) is 4.35. The van der Waals surface area contributed by atoms with Gasteiger partial charge >= 0.3 is 5.97 Å². The van der Waals surface area contributed by atoms with E-state index in [1.165, 1.54) is 16.8 Å². The summed E-state index contributed by atoms with van der Waals surface area (Å²) in [5, 5.41) is 13.6. The van der Waals surface area contributed by atoms with Crippen LogP contribution in [-0.4, -0.2) is 25.4 Å². The largest absolute Gasteiger partial charge is 0.478 e. The summed E-state index contributed by atoms with van der Waals surface area (Å²) >= 11 is 6.18. The Bertz CT molecular complexity index is 718. The standard InChI is InChI=1S/C13H14ClN3O3/c1-3-17-10(12(14)8(2)15-17)7-16-5-4-9(13(19)20)6-11(16)18/h4-6H,3,7H2,1-2H3,(H,19,20). The number of nitrogens with zero attached hydrogens (tertiary/aromatic N) is 3. The van der Waals surface area contributed by atoms with E-state index in [4.69, 9.17) is 16.7 Å². The molecule has 2 heterocycles. The number of aromatic carboxylic acids is 1. The van der Waals surface area contributed by atoms with Gasteiger partial charge in [-0.15, -0.1) is 0 Å². The van der Waals surface area contributed by atoms with Gasteiger partial charge in [0.25, 0.3) is 5.56 Å². The van der Waals surface area contributed by atoms with Gasteiger partial charge in [-0.25, -0.2) is 4.79 Å². The molecule has 6 nitrogen and oxygen atoms in total. The van der Waals surface area contributed by atoms with Crippen molar-refractivity contribution in [2.75, 3.05) is 0 Å². The van der Waals surface area contributed by atoms with Crippen LogP contribution in [0.3, 0.4) is 0 Å². The van der Waals surface area contributed by atoms with E-state index in [0.29, 0.717) is 17.3 Å². The summed E-state index contributed by atoms with van der Waals surface area (Å²) in [5.74, 6) is -1.12. The quantitative estimate of drug-likeness (QED) is 0.932. The summed E-state index contributed by atoms with van der Waals surface area (Å²) in [6.45, 7) is 4.63. The van der Waals surface area contributed by atoms with E-state index in [9.17, 15) is 9.59 Å². The highest BCUT2D eigenvalue weighted by Crippen LogP contribution is 2.20. The van der Waals surface area contributed by atoms with E-state index in [2.05, 4.69) is 5.10 Å². The van der Waals surface area contributed by atoms with E-state index < -0.39 is 5.97 Å². The fraction of sp³-hybridized carbons (Fsp3) is 0.308. The predicted octanol–water partition coefficient (Wildman–Crippen LogP) is 1.77. The summed E-state index contributed by atoms with van der Waals surface area (Å²) in [6.07, 6.45) is 1.45. The van der Waals surface area contributed by atoms with Crippen LogP contribution in [-0.2, 0) is 13.1 Å². The molecule has 0 aliphatic heterocycles. The number of carbonyl (C=O) groups is 1. The second-order valence-corrected chi connectivity index (χ2v) is 4.73. The summed E-state index contributed by atoms with van der Waals surface area (Å²) in [5.41, 5.74) is 1.02. The lowest BCUT2D eigenvalue weighted by Gasteiger charge is -2.08. The Hall–Kier alpha value is -2.08. The van der Waals surface area contributed by atoms with E-state index in [1.54, 1.807) is 11.6 Å². The molecular formula is C13H14ClN3O3. The van der Waals surface area contributed by atoms with Crippen molar-refractivity contribution in [3.8, 4) is 0 Å². The number of halogens is 1. The number of aryl methyl sites for hydroxylation is 2. The fourth-order valence-electron chi connectivity index (χ4n) is 1.95. The average molecular weight is 296 g/mol. The third kappa shape index (κ3) is 2.60. The third-order valence-corrected chi connectivity index (χ3v) is 3.51. The lowest BCUT2D eigenvalue weighted by Crippen LogP contribution is -2.22. The van der Waals surface area contributed by atoms with Gasteiger partial charge in [-0.3, -0.25) is 9.48 Å².